The number of nitrogens with one attached hydrogen (secondary N) is 1. The smallest absolute Gasteiger partial charge is 0.123 e. The fourth-order valence-corrected chi connectivity index (χ4v) is 2.95. The average molecular weight is 251 g/mol. The largest absolute Gasteiger partial charge is 0.381 e. The summed E-state index contributed by atoms with van der Waals surface area (Å²) in [6, 6.07) is 6.85. The molecule has 1 aromatic carbocycles. The van der Waals surface area contributed by atoms with E-state index in [1.165, 1.54) is 12.1 Å². The molecule has 2 fully saturated rings. The van der Waals surface area contributed by atoms with Gasteiger partial charge >= 0.3 is 0 Å². The predicted octanol–water partition coefficient (Wildman–Crippen LogP) is 2.04. The Kier molecular flexibility index (Phi) is 3.33. The molecule has 3 nitrogen and oxygen atoms in total. The number of hydrogen-bond acceptors (Lipinski definition) is 3. The molecule has 1 spiro atoms. The van der Waals surface area contributed by atoms with Crippen molar-refractivity contribution in [3.8, 4) is 0 Å². The van der Waals surface area contributed by atoms with E-state index in [4.69, 9.17) is 9.47 Å². The molecule has 0 aromatic heterocycles. The van der Waals surface area contributed by atoms with E-state index in [9.17, 15) is 4.39 Å². The van der Waals surface area contributed by atoms with E-state index in [1.54, 1.807) is 0 Å². The van der Waals surface area contributed by atoms with Crippen LogP contribution < -0.4 is 5.32 Å². The third-order valence-corrected chi connectivity index (χ3v) is 3.91. The molecule has 1 unspecified atom stereocenters. The van der Waals surface area contributed by atoms with Crippen molar-refractivity contribution >= 4 is 0 Å². The highest BCUT2D eigenvalue weighted by Gasteiger charge is 2.44. The maximum absolute atomic E-state index is 13.0. The van der Waals surface area contributed by atoms with Crippen LogP contribution in [-0.2, 0) is 9.47 Å². The topological polar surface area (TPSA) is 30.5 Å². The Hall–Kier alpha value is -0.970. The summed E-state index contributed by atoms with van der Waals surface area (Å²) in [6.45, 7) is 3.04. The van der Waals surface area contributed by atoms with E-state index in [0.717, 1.165) is 44.8 Å². The Balaban J connectivity index is 1.89. The van der Waals surface area contributed by atoms with Crippen molar-refractivity contribution in [3.63, 3.8) is 0 Å². The lowest BCUT2D eigenvalue weighted by molar-refractivity contribution is -0.149. The van der Waals surface area contributed by atoms with Crippen LogP contribution in [0.15, 0.2) is 24.3 Å². The van der Waals surface area contributed by atoms with Crippen LogP contribution in [0.1, 0.15) is 24.4 Å². The highest BCUT2D eigenvalue weighted by Crippen LogP contribution is 2.39. The molecule has 2 saturated heterocycles. The first-order valence-corrected chi connectivity index (χ1v) is 6.51. The lowest BCUT2D eigenvalue weighted by atomic mass is 9.81. The van der Waals surface area contributed by atoms with Crippen molar-refractivity contribution in [3.05, 3.63) is 35.6 Å². The fraction of sp³-hybridized carbons (Fsp3) is 0.571. The third kappa shape index (κ3) is 2.16. The second kappa shape index (κ2) is 4.96. The Morgan fingerprint density at radius 1 is 1.11 bits per heavy atom. The van der Waals surface area contributed by atoms with Crippen LogP contribution in [0.25, 0.3) is 0 Å². The number of ether oxygens (including phenoxy) is 2. The SMILES string of the molecule is Fc1ccc(C2NCCOC23CCOCC3)cc1. The molecule has 98 valence electrons. The highest BCUT2D eigenvalue weighted by atomic mass is 19.1. The minimum atomic E-state index is -0.198. The fourth-order valence-electron chi connectivity index (χ4n) is 2.95. The molecule has 2 heterocycles. The third-order valence-electron chi connectivity index (χ3n) is 3.91. The zero-order valence-electron chi connectivity index (χ0n) is 10.3. The molecule has 1 N–H and O–H groups in total. The molecular formula is C14H18FNO2. The van der Waals surface area contributed by atoms with Crippen LogP contribution >= 0.6 is 0 Å². The molecule has 18 heavy (non-hydrogen) atoms. The van der Waals surface area contributed by atoms with Crippen molar-refractivity contribution in [2.24, 2.45) is 0 Å². The molecule has 3 rings (SSSR count). The van der Waals surface area contributed by atoms with Crippen molar-refractivity contribution in [1.82, 2.24) is 5.32 Å². The first-order chi connectivity index (χ1) is 8.80. The van der Waals surface area contributed by atoms with Gasteiger partial charge in [-0.15, -0.1) is 0 Å². The van der Waals surface area contributed by atoms with Crippen LogP contribution in [0.5, 0.6) is 0 Å². The first kappa shape index (κ1) is 12.1. The Morgan fingerprint density at radius 3 is 2.56 bits per heavy atom. The predicted molar refractivity (Wildman–Crippen MR) is 65.9 cm³/mol. The summed E-state index contributed by atoms with van der Waals surface area (Å²) in [6.07, 6.45) is 1.78. The molecule has 0 aliphatic carbocycles. The number of halogens is 1. The lowest BCUT2D eigenvalue weighted by Crippen LogP contribution is -2.54. The first-order valence-electron chi connectivity index (χ1n) is 6.51. The van der Waals surface area contributed by atoms with E-state index in [1.807, 2.05) is 12.1 Å². The minimum absolute atomic E-state index is 0.135. The lowest BCUT2D eigenvalue weighted by Gasteiger charge is -2.46. The summed E-state index contributed by atoms with van der Waals surface area (Å²) in [5.41, 5.74) is 0.909. The number of morpholine rings is 1. The summed E-state index contributed by atoms with van der Waals surface area (Å²) < 4.78 is 24.5. The molecule has 0 amide bonds. The van der Waals surface area contributed by atoms with Gasteiger partial charge in [0.15, 0.2) is 0 Å². The summed E-state index contributed by atoms with van der Waals surface area (Å²) in [4.78, 5) is 0. The summed E-state index contributed by atoms with van der Waals surface area (Å²) in [7, 11) is 0. The minimum Gasteiger partial charge on any atom is -0.381 e. The van der Waals surface area contributed by atoms with E-state index < -0.39 is 0 Å². The molecule has 0 saturated carbocycles. The van der Waals surface area contributed by atoms with Gasteiger partial charge in [0.25, 0.3) is 0 Å². The molecule has 2 aliphatic heterocycles. The standard InChI is InChI=1S/C14H18FNO2/c15-12-3-1-11(2-4-12)13-14(18-10-7-16-13)5-8-17-9-6-14/h1-4,13,16H,5-10H2. The summed E-state index contributed by atoms with van der Waals surface area (Å²) in [5, 5.41) is 3.51. The van der Waals surface area contributed by atoms with Gasteiger partial charge < -0.3 is 14.8 Å². The zero-order chi connectivity index (χ0) is 12.4. The summed E-state index contributed by atoms with van der Waals surface area (Å²) in [5.74, 6) is -0.198. The van der Waals surface area contributed by atoms with Gasteiger partial charge in [0.05, 0.1) is 18.2 Å². The van der Waals surface area contributed by atoms with Crippen molar-refractivity contribution < 1.29 is 13.9 Å². The Bertz CT molecular complexity index is 392. The molecular weight excluding hydrogens is 233 g/mol. The summed E-state index contributed by atoms with van der Waals surface area (Å²) >= 11 is 0. The highest BCUT2D eigenvalue weighted by molar-refractivity contribution is 5.24. The van der Waals surface area contributed by atoms with Gasteiger partial charge in [-0.2, -0.15) is 0 Å². The monoisotopic (exact) mass is 251 g/mol. The van der Waals surface area contributed by atoms with Crippen LogP contribution in [-0.4, -0.2) is 32.0 Å². The van der Waals surface area contributed by atoms with Crippen LogP contribution in [0.4, 0.5) is 4.39 Å². The molecule has 0 bridgehead atoms. The number of rotatable bonds is 1. The molecule has 2 aliphatic rings. The Labute approximate surface area is 106 Å². The normalized spacial score (nSPS) is 27.3. The van der Waals surface area contributed by atoms with Gasteiger partial charge in [0.1, 0.15) is 5.82 Å². The second-order valence-electron chi connectivity index (χ2n) is 4.96. The maximum Gasteiger partial charge on any atom is 0.123 e. The van der Waals surface area contributed by atoms with Crippen LogP contribution in [0, 0.1) is 5.82 Å². The molecule has 0 radical (unpaired) electrons. The van der Waals surface area contributed by atoms with Gasteiger partial charge in [-0.25, -0.2) is 4.39 Å². The maximum atomic E-state index is 13.0. The number of benzene rings is 1. The molecule has 4 heteroatoms. The van der Waals surface area contributed by atoms with Crippen molar-refractivity contribution in [2.45, 2.75) is 24.5 Å². The average Bonchev–Trinajstić information content (AvgIpc) is 2.42. The van der Waals surface area contributed by atoms with E-state index >= 15 is 0 Å². The van der Waals surface area contributed by atoms with Crippen molar-refractivity contribution in [1.29, 1.82) is 0 Å². The quantitative estimate of drug-likeness (QED) is 0.828. The van der Waals surface area contributed by atoms with Gasteiger partial charge in [0, 0.05) is 32.6 Å². The van der Waals surface area contributed by atoms with E-state index in [-0.39, 0.29) is 17.5 Å². The second-order valence-corrected chi connectivity index (χ2v) is 4.96. The van der Waals surface area contributed by atoms with Crippen molar-refractivity contribution in [2.75, 3.05) is 26.4 Å². The van der Waals surface area contributed by atoms with Gasteiger partial charge in [-0.05, 0) is 17.7 Å². The molecule has 1 aromatic rings. The van der Waals surface area contributed by atoms with Gasteiger partial charge in [0.2, 0.25) is 0 Å². The van der Waals surface area contributed by atoms with Gasteiger partial charge in [-0.3, -0.25) is 0 Å². The van der Waals surface area contributed by atoms with Crippen LogP contribution in [0.2, 0.25) is 0 Å². The van der Waals surface area contributed by atoms with E-state index in [0.29, 0.717) is 0 Å². The zero-order valence-corrected chi connectivity index (χ0v) is 10.3. The van der Waals surface area contributed by atoms with Gasteiger partial charge in [-0.1, -0.05) is 12.1 Å². The number of hydrogen-bond donors (Lipinski definition) is 1. The van der Waals surface area contributed by atoms with E-state index in [2.05, 4.69) is 5.32 Å². The Morgan fingerprint density at radius 2 is 1.83 bits per heavy atom. The molecule has 1 atom stereocenters. The van der Waals surface area contributed by atoms with Crippen LogP contribution in [0.3, 0.4) is 0 Å².